The zero-order chi connectivity index (χ0) is 19.1. The number of amides is 1. The minimum atomic E-state index is -0.136. The summed E-state index contributed by atoms with van der Waals surface area (Å²) in [6.07, 6.45) is 3.36. The predicted octanol–water partition coefficient (Wildman–Crippen LogP) is 2.07. The van der Waals surface area contributed by atoms with Gasteiger partial charge in [0.2, 0.25) is 5.91 Å². The van der Waals surface area contributed by atoms with Crippen LogP contribution in [0.3, 0.4) is 0 Å². The number of carbonyl (C=O) groups excluding carboxylic acids is 1. The van der Waals surface area contributed by atoms with Gasteiger partial charge in [-0.2, -0.15) is 0 Å². The fourth-order valence-corrected chi connectivity index (χ4v) is 3.36. The molecule has 0 saturated carbocycles. The molecule has 5 heteroatoms. The van der Waals surface area contributed by atoms with Gasteiger partial charge in [0.25, 0.3) is 0 Å². The number of quaternary nitrogens is 1. The molecule has 2 aromatic carbocycles. The first-order valence-electron chi connectivity index (χ1n) is 9.50. The molecule has 2 N–H and O–H groups in total. The number of para-hydroxylation sites is 2. The summed E-state index contributed by atoms with van der Waals surface area (Å²) in [6, 6.07) is 15.7. The molecule has 1 amide bonds. The third-order valence-corrected chi connectivity index (χ3v) is 4.99. The number of nitrogens with one attached hydrogen (secondary N) is 2. The Morgan fingerprint density at radius 3 is 2.70 bits per heavy atom. The number of hydrogen-bond donors (Lipinski definition) is 2. The van der Waals surface area contributed by atoms with Crippen molar-refractivity contribution < 1.29 is 14.4 Å². The molecule has 0 aromatic heterocycles. The van der Waals surface area contributed by atoms with Gasteiger partial charge in [-0.1, -0.05) is 24.3 Å². The number of anilines is 2. The van der Waals surface area contributed by atoms with Gasteiger partial charge in [0, 0.05) is 6.08 Å². The summed E-state index contributed by atoms with van der Waals surface area (Å²) in [7, 11) is 1.63. The van der Waals surface area contributed by atoms with Crippen LogP contribution in [-0.2, 0) is 4.79 Å². The van der Waals surface area contributed by atoms with Crippen molar-refractivity contribution in [1.29, 1.82) is 0 Å². The second-order valence-electron chi connectivity index (χ2n) is 6.71. The van der Waals surface area contributed by atoms with E-state index in [2.05, 4.69) is 23.2 Å². The van der Waals surface area contributed by atoms with E-state index >= 15 is 0 Å². The SMILES string of the molecule is CC[NH+]1CCN(c2ccccc2NC(=O)/C=C/c2cccc(OC)c2)CC1. The average molecular weight is 366 g/mol. The summed E-state index contributed by atoms with van der Waals surface area (Å²) >= 11 is 0. The molecular formula is C22H28N3O2+. The lowest BCUT2D eigenvalue weighted by molar-refractivity contribution is -0.898. The van der Waals surface area contributed by atoms with E-state index < -0.39 is 0 Å². The van der Waals surface area contributed by atoms with Crippen LogP contribution in [-0.4, -0.2) is 45.7 Å². The average Bonchev–Trinajstić information content (AvgIpc) is 2.73. The lowest BCUT2D eigenvalue weighted by Crippen LogP contribution is -3.14. The minimum absolute atomic E-state index is 0.136. The molecule has 0 unspecified atom stereocenters. The van der Waals surface area contributed by atoms with Crippen molar-refractivity contribution >= 4 is 23.4 Å². The number of carbonyl (C=O) groups is 1. The number of benzene rings is 2. The van der Waals surface area contributed by atoms with E-state index in [0.717, 1.165) is 48.9 Å². The van der Waals surface area contributed by atoms with Gasteiger partial charge in [-0.3, -0.25) is 4.79 Å². The Balaban J connectivity index is 1.66. The number of nitrogens with zero attached hydrogens (tertiary/aromatic N) is 1. The smallest absolute Gasteiger partial charge is 0.248 e. The Hall–Kier alpha value is -2.79. The molecule has 1 aliphatic rings. The Morgan fingerprint density at radius 2 is 1.96 bits per heavy atom. The predicted molar refractivity (Wildman–Crippen MR) is 111 cm³/mol. The molecule has 0 bridgehead atoms. The third kappa shape index (κ3) is 5.11. The zero-order valence-corrected chi connectivity index (χ0v) is 16.1. The van der Waals surface area contributed by atoms with E-state index in [1.165, 1.54) is 6.54 Å². The molecule has 0 spiro atoms. The van der Waals surface area contributed by atoms with Crippen LogP contribution in [0.15, 0.2) is 54.6 Å². The first-order chi connectivity index (χ1) is 13.2. The first-order valence-corrected chi connectivity index (χ1v) is 9.50. The van der Waals surface area contributed by atoms with Gasteiger partial charge in [-0.05, 0) is 42.8 Å². The largest absolute Gasteiger partial charge is 0.497 e. The van der Waals surface area contributed by atoms with E-state index in [0.29, 0.717) is 0 Å². The lowest BCUT2D eigenvalue weighted by atomic mass is 10.2. The molecule has 27 heavy (non-hydrogen) atoms. The highest BCUT2D eigenvalue weighted by molar-refractivity contribution is 6.03. The van der Waals surface area contributed by atoms with Crippen LogP contribution in [0.2, 0.25) is 0 Å². The maximum atomic E-state index is 12.4. The van der Waals surface area contributed by atoms with E-state index in [-0.39, 0.29) is 5.91 Å². The minimum Gasteiger partial charge on any atom is -0.497 e. The number of hydrogen-bond acceptors (Lipinski definition) is 3. The van der Waals surface area contributed by atoms with Gasteiger partial charge in [-0.15, -0.1) is 0 Å². The van der Waals surface area contributed by atoms with E-state index in [1.807, 2.05) is 42.5 Å². The van der Waals surface area contributed by atoms with Crippen molar-refractivity contribution in [3.05, 3.63) is 60.2 Å². The van der Waals surface area contributed by atoms with Crippen molar-refractivity contribution in [2.75, 3.05) is 50.1 Å². The highest BCUT2D eigenvalue weighted by atomic mass is 16.5. The maximum Gasteiger partial charge on any atom is 0.248 e. The fourth-order valence-electron chi connectivity index (χ4n) is 3.36. The van der Waals surface area contributed by atoms with Crippen LogP contribution in [0.5, 0.6) is 5.75 Å². The molecule has 0 atom stereocenters. The molecule has 0 radical (unpaired) electrons. The van der Waals surface area contributed by atoms with Crippen molar-refractivity contribution in [2.45, 2.75) is 6.92 Å². The number of likely N-dealkylation sites (N-methyl/N-ethyl adjacent to an activating group) is 1. The molecular weight excluding hydrogens is 338 g/mol. The Kier molecular flexibility index (Phi) is 6.49. The van der Waals surface area contributed by atoms with Gasteiger partial charge in [0.05, 0.1) is 51.2 Å². The van der Waals surface area contributed by atoms with Crippen LogP contribution < -0.4 is 19.9 Å². The Morgan fingerprint density at radius 1 is 1.19 bits per heavy atom. The summed E-state index contributed by atoms with van der Waals surface area (Å²) in [4.78, 5) is 16.4. The summed E-state index contributed by atoms with van der Waals surface area (Å²) in [6.45, 7) is 7.68. The van der Waals surface area contributed by atoms with E-state index in [1.54, 1.807) is 24.2 Å². The number of ether oxygens (including phenoxy) is 1. The zero-order valence-electron chi connectivity index (χ0n) is 16.1. The molecule has 0 aliphatic carbocycles. The summed E-state index contributed by atoms with van der Waals surface area (Å²) in [5.74, 6) is 0.638. The van der Waals surface area contributed by atoms with Crippen LogP contribution in [0.25, 0.3) is 6.08 Å². The molecule has 1 saturated heterocycles. The Bertz CT molecular complexity index is 796. The second-order valence-corrected chi connectivity index (χ2v) is 6.71. The van der Waals surface area contributed by atoms with Gasteiger partial charge >= 0.3 is 0 Å². The standard InChI is InChI=1S/C22H27N3O2/c1-3-24-13-15-25(16-14-24)21-10-5-4-9-20(21)23-22(26)12-11-18-7-6-8-19(17-18)27-2/h4-12,17H,3,13-16H2,1-2H3,(H,23,26)/p+1/b12-11+. The Labute approximate surface area is 161 Å². The highest BCUT2D eigenvalue weighted by Gasteiger charge is 2.20. The first kappa shape index (κ1) is 19.0. The van der Waals surface area contributed by atoms with Crippen LogP contribution in [0, 0.1) is 0 Å². The van der Waals surface area contributed by atoms with Gasteiger partial charge < -0.3 is 19.9 Å². The lowest BCUT2D eigenvalue weighted by Gasteiger charge is -2.34. The molecule has 142 valence electrons. The van der Waals surface area contributed by atoms with Crippen molar-refractivity contribution in [2.24, 2.45) is 0 Å². The number of methoxy groups -OCH3 is 1. The van der Waals surface area contributed by atoms with Crippen molar-refractivity contribution in [3.8, 4) is 5.75 Å². The van der Waals surface area contributed by atoms with Gasteiger partial charge in [0.15, 0.2) is 0 Å². The topological polar surface area (TPSA) is 46.0 Å². The normalized spacial score (nSPS) is 15.1. The van der Waals surface area contributed by atoms with E-state index in [4.69, 9.17) is 4.74 Å². The summed E-state index contributed by atoms with van der Waals surface area (Å²) < 4.78 is 5.21. The quantitative estimate of drug-likeness (QED) is 0.770. The number of rotatable bonds is 6. The molecule has 3 rings (SSSR count). The fraction of sp³-hybridized carbons (Fsp3) is 0.318. The molecule has 1 fully saturated rings. The molecule has 5 nitrogen and oxygen atoms in total. The molecule has 2 aromatic rings. The molecule has 1 heterocycles. The van der Waals surface area contributed by atoms with Gasteiger partial charge in [-0.25, -0.2) is 0 Å². The monoisotopic (exact) mass is 366 g/mol. The van der Waals surface area contributed by atoms with Crippen molar-refractivity contribution in [1.82, 2.24) is 0 Å². The third-order valence-electron chi connectivity index (χ3n) is 4.99. The number of piperazine rings is 1. The van der Waals surface area contributed by atoms with Crippen LogP contribution >= 0.6 is 0 Å². The van der Waals surface area contributed by atoms with Gasteiger partial charge in [0.1, 0.15) is 5.75 Å². The van der Waals surface area contributed by atoms with E-state index in [9.17, 15) is 4.79 Å². The highest BCUT2D eigenvalue weighted by Crippen LogP contribution is 2.25. The summed E-state index contributed by atoms with van der Waals surface area (Å²) in [5.41, 5.74) is 2.88. The summed E-state index contributed by atoms with van der Waals surface area (Å²) in [5, 5.41) is 3.03. The second kappa shape index (κ2) is 9.24. The maximum absolute atomic E-state index is 12.4. The van der Waals surface area contributed by atoms with Crippen LogP contribution in [0.4, 0.5) is 11.4 Å². The van der Waals surface area contributed by atoms with Crippen molar-refractivity contribution in [3.63, 3.8) is 0 Å². The van der Waals surface area contributed by atoms with Crippen LogP contribution in [0.1, 0.15) is 12.5 Å². The molecule has 1 aliphatic heterocycles.